The normalized spacial score (nSPS) is 16.8. The van der Waals surface area contributed by atoms with Gasteiger partial charge in [0.05, 0.1) is 12.0 Å². The van der Waals surface area contributed by atoms with Crippen LogP contribution in [0.4, 0.5) is 0 Å². The molecule has 1 aromatic heterocycles. The molecule has 0 spiro atoms. The Kier molecular flexibility index (Phi) is 5.18. The zero-order valence-electron chi connectivity index (χ0n) is 17.5. The molecule has 1 fully saturated rings. The third kappa shape index (κ3) is 3.65. The second-order valence-corrected chi connectivity index (χ2v) is 9.58. The van der Waals surface area contributed by atoms with Gasteiger partial charge in [-0.15, -0.1) is 0 Å². The fourth-order valence-electron chi connectivity index (χ4n) is 3.98. The number of carbonyl (C=O) groups is 1. The van der Waals surface area contributed by atoms with Crippen molar-refractivity contribution >= 4 is 26.8 Å². The molecule has 3 heterocycles. The van der Waals surface area contributed by atoms with Crippen molar-refractivity contribution in [2.45, 2.75) is 4.90 Å². The zero-order valence-corrected chi connectivity index (χ0v) is 18.4. The molecule has 2 aliphatic rings. The van der Waals surface area contributed by atoms with Gasteiger partial charge in [0.15, 0.2) is 11.5 Å². The minimum absolute atomic E-state index is 0.156. The molecule has 0 aliphatic carbocycles. The van der Waals surface area contributed by atoms with Crippen LogP contribution in [0, 0.1) is 0 Å². The van der Waals surface area contributed by atoms with Gasteiger partial charge in [-0.05, 0) is 30.3 Å². The summed E-state index contributed by atoms with van der Waals surface area (Å²) in [7, 11) is -2.11. The van der Waals surface area contributed by atoms with E-state index in [9.17, 15) is 13.2 Å². The van der Waals surface area contributed by atoms with E-state index in [-0.39, 0.29) is 23.9 Å². The van der Waals surface area contributed by atoms with Crippen molar-refractivity contribution < 1.29 is 27.4 Å². The van der Waals surface area contributed by atoms with Crippen LogP contribution < -0.4 is 14.2 Å². The highest BCUT2D eigenvalue weighted by molar-refractivity contribution is 7.89. The molecule has 32 heavy (non-hydrogen) atoms. The van der Waals surface area contributed by atoms with Crippen LogP contribution in [-0.2, 0) is 10.0 Å². The predicted octanol–water partition coefficient (Wildman–Crippen LogP) is 2.09. The summed E-state index contributed by atoms with van der Waals surface area (Å²) in [5, 5.41) is 0.911. The number of aromatic nitrogens is 1. The van der Waals surface area contributed by atoms with Crippen LogP contribution >= 0.6 is 0 Å². The minimum Gasteiger partial charge on any atom is -0.497 e. The maximum absolute atomic E-state index is 13.1. The Labute approximate surface area is 185 Å². The number of sulfonamides is 1. The van der Waals surface area contributed by atoms with Crippen LogP contribution in [-0.4, -0.2) is 75.0 Å². The summed E-state index contributed by atoms with van der Waals surface area (Å²) in [6.07, 6.45) is 0. The lowest BCUT2D eigenvalue weighted by atomic mass is 10.2. The van der Waals surface area contributed by atoms with Crippen LogP contribution in [0.15, 0.2) is 47.4 Å². The summed E-state index contributed by atoms with van der Waals surface area (Å²) in [4.78, 5) is 17.9. The Bertz CT molecular complexity index is 1280. The van der Waals surface area contributed by atoms with E-state index in [2.05, 4.69) is 4.98 Å². The number of carbonyl (C=O) groups excluding carboxylic acids is 1. The number of fused-ring (bicyclic) bond motifs is 2. The lowest BCUT2D eigenvalue weighted by Gasteiger charge is -2.34. The van der Waals surface area contributed by atoms with E-state index in [4.69, 9.17) is 14.2 Å². The fourth-order valence-corrected chi connectivity index (χ4v) is 5.42. The lowest BCUT2D eigenvalue weighted by Crippen LogP contribution is -2.50. The summed E-state index contributed by atoms with van der Waals surface area (Å²) >= 11 is 0. The third-order valence-corrected chi connectivity index (χ3v) is 7.63. The molecule has 3 aromatic rings. The number of ether oxygens (including phenoxy) is 3. The number of methoxy groups -OCH3 is 1. The smallest absolute Gasteiger partial charge is 0.270 e. The third-order valence-electron chi connectivity index (χ3n) is 5.74. The first-order chi connectivity index (χ1) is 15.5. The van der Waals surface area contributed by atoms with Crippen molar-refractivity contribution in [2.24, 2.45) is 0 Å². The fraction of sp³-hybridized carbons (Fsp3) is 0.318. The molecule has 1 saturated heterocycles. The average Bonchev–Trinajstić information content (AvgIpc) is 3.26. The van der Waals surface area contributed by atoms with Crippen LogP contribution in [0.25, 0.3) is 10.9 Å². The molecule has 0 radical (unpaired) electrons. The SMILES string of the molecule is COc1ccc2cc(C(=O)N3CCN(S(=O)(=O)c4ccc5c(c4)OCCO5)CC3)[nH]c2c1. The van der Waals surface area contributed by atoms with Crippen molar-refractivity contribution in [3.63, 3.8) is 0 Å². The van der Waals surface area contributed by atoms with Gasteiger partial charge < -0.3 is 24.1 Å². The largest absolute Gasteiger partial charge is 0.497 e. The van der Waals surface area contributed by atoms with Crippen molar-refractivity contribution in [3.05, 3.63) is 48.2 Å². The highest BCUT2D eigenvalue weighted by atomic mass is 32.2. The van der Waals surface area contributed by atoms with E-state index in [1.54, 1.807) is 24.1 Å². The second kappa shape index (κ2) is 8.03. The molecule has 9 nitrogen and oxygen atoms in total. The first-order valence-corrected chi connectivity index (χ1v) is 11.8. The Morgan fingerprint density at radius 2 is 1.72 bits per heavy atom. The summed E-state index contributed by atoms with van der Waals surface area (Å²) in [6, 6.07) is 12.0. The van der Waals surface area contributed by atoms with Gasteiger partial charge in [-0.2, -0.15) is 4.31 Å². The molecule has 1 amide bonds. The van der Waals surface area contributed by atoms with Gasteiger partial charge in [0.2, 0.25) is 10.0 Å². The zero-order chi connectivity index (χ0) is 22.3. The predicted molar refractivity (Wildman–Crippen MR) is 117 cm³/mol. The highest BCUT2D eigenvalue weighted by Gasteiger charge is 2.31. The van der Waals surface area contributed by atoms with Gasteiger partial charge in [-0.25, -0.2) is 8.42 Å². The van der Waals surface area contributed by atoms with Crippen molar-refractivity contribution in [1.29, 1.82) is 0 Å². The monoisotopic (exact) mass is 457 g/mol. The number of nitrogens with zero attached hydrogens (tertiary/aromatic N) is 2. The van der Waals surface area contributed by atoms with Crippen LogP contribution in [0.2, 0.25) is 0 Å². The molecule has 0 atom stereocenters. The Morgan fingerprint density at radius 3 is 2.47 bits per heavy atom. The summed E-state index contributed by atoms with van der Waals surface area (Å²) < 4.78 is 43.8. The Hall–Kier alpha value is -3.24. The molecule has 0 unspecified atom stereocenters. The first kappa shape index (κ1) is 20.7. The van der Waals surface area contributed by atoms with Gasteiger partial charge in [0.25, 0.3) is 5.91 Å². The van der Waals surface area contributed by atoms with E-state index in [0.717, 1.165) is 10.9 Å². The van der Waals surface area contributed by atoms with Crippen LogP contribution in [0.5, 0.6) is 17.2 Å². The van der Waals surface area contributed by atoms with Gasteiger partial charge in [0, 0.05) is 49.2 Å². The highest BCUT2D eigenvalue weighted by Crippen LogP contribution is 2.33. The van der Waals surface area contributed by atoms with Gasteiger partial charge >= 0.3 is 0 Å². The number of H-pyrrole nitrogens is 1. The summed E-state index contributed by atoms with van der Waals surface area (Å²) in [6.45, 7) is 1.88. The van der Waals surface area contributed by atoms with E-state index >= 15 is 0 Å². The van der Waals surface area contributed by atoms with Gasteiger partial charge in [0.1, 0.15) is 24.7 Å². The number of benzene rings is 2. The maximum Gasteiger partial charge on any atom is 0.270 e. The maximum atomic E-state index is 13.1. The Balaban J connectivity index is 1.29. The van der Waals surface area contributed by atoms with E-state index in [0.29, 0.717) is 49.2 Å². The Morgan fingerprint density at radius 1 is 0.969 bits per heavy atom. The summed E-state index contributed by atoms with van der Waals surface area (Å²) in [5.74, 6) is 1.52. The van der Waals surface area contributed by atoms with E-state index in [1.165, 1.54) is 16.4 Å². The number of nitrogens with one attached hydrogen (secondary N) is 1. The molecular weight excluding hydrogens is 434 g/mol. The standard InChI is InChI=1S/C22H23N3O6S/c1-29-16-3-2-15-12-19(23-18(15)13-16)22(26)24-6-8-25(9-7-24)32(27,28)17-4-5-20-21(14-17)31-11-10-30-20/h2-5,12-14,23H,6-11H2,1H3. The quantitative estimate of drug-likeness (QED) is 0.644. The van der Waals surface area contributed by atoms with Crippen molar-refractivity contribution in [3.8, 4) is 17.2 Å². The molecule has 2 aliphatic heterocycles. The minimum atomic E-state index is -3.70. The van der Waals surface area contributed by atoms with Crippen molar-refractivity contribution in [1.82, 2.24) is 14.2 Å². The number of amides is 1. The first-order valence-electron chi connectivity index (χ1n) is 10.3. The number of hydrogen-bond acceptors (Lipinski definition) is 6. The van der Waals surface area contributed by atoms with Crippen molar-refractivity contribution in [2.75, 3.05) is 46.5 Å². The molecular formula is C22H23N3O6S. The molecule has 0 bridgehead atoms. The number of hydrogen-bond donors (Lipinski definition) is 1. The molecule has 5 rings (SSSR count). The lowest BCUT2D eigenvalue weighted by molar-refractivity contribution is 0.0693. The molecule has 1 N–H and O–H groups in total. The molecule has 0 saturated carbocycles. The molecule has 10 heteroatoms. The number of aromatic amines is 1. The van der Waals surface area contributed by atoms with Gasteiger partial charge in [-0.1, -0.05) is 0 Å². The summed E-state index contributed by atoms with van der Waals surface area (Å²) in [5.41, 5.74) is 1.28. The van der Waals surface area contributed by atoms with Crippen LogP contribution in [0.3, 0.4) is 0 Å². The topological polar surface area (TPSA) is 101 Å². The van der Waals surface area contributed by atoms with E-state index < -0.39 is 10.0 Å². The number of rotatable bonds is 4. The molecule has 2 aromatic carbocycles. The average molecular weight is 458 g/mol. The number of piperazine rings is 1. The van der Waals surface area contributed by atoms with E-state index in [1.807, 2.05) is 18.2 Å². The van der Waals surface area contributed by atoms with Gasteiger partial charge in [-0.3, -0.25) is 4.79 Å². The second-order valence-electron chi connectivity index (χ2n) is 7.64. The van der Waals surface area contributed by atoms with Crippen LogP contribution in [0.1, 0.15) is 10.5 Å². The molecule has 168 valence electrons.